The number of hydrogen-bond acceptors (Lipinski definition) is 3. The lowest BCUT2D eigenvalue weighted by atomic mass is 10.1. The monoisotopic (exact) mass is 341 g/mol. The molecule has 0 spiro atoms. The number of hydrogen-bond donors (Lipinski definition) is 0. The molecule has 0 N–H and O–H groups in total. The average molecular weight is 341 g/mol. The van der Waals surface area contributed by atoms with Crippen LogP contribution in [0, 0.1) is 13.8 Å². The second-order valence-electron chi connectivity index (χ2n) is 5.85. The molecule has 0 saturated carbocycles. The van der Waals surface area contributed by atoms with Gasteiger partial charge >= 0.3 is 0 Å². The Labute approximate surface area is 141 Å². The highest BCUT2D eigenvalue weighted by molar-refractivity contribution is 7.89. The molecule has 0 saturated heterocycles. The first-order valence-electron chi connectivity index (χ1n) is 7.54. The first-order chi connectivity index (χ1) is 11.3. The fraction of sp³-hybridized carbons (Fsp3) is 0.158. The molecule has 0 unspecified atom stereocenters. The van der Waals surface area contributed by atoms with Crippen molar-refractivity contribution in [3.63, 3.8) is 0 Å². The van der Waals surface area contributed by atoms with Gasteiger partial charge in [-0.1, -0.05) is 42.5 Å². The van der Waals surface area contributed by atoms with Crippen LogP contribution in [0.3, 0.4) is 0 Å². The molecule has 24 heavy (non-hydrogen) atoms. The van der Waals surface area contributed by atoms with E-state index in [1.807, 2.05) is 32.0 Å². The summed E-state index contributed by atoms with van der Waals surface area (Å²) in [4.78, 5) is 0.251. The molecule has 4 nitrogen and oxygen atoms in total. The van der Waals surface area contributed by atoms with Crippen LogP contribution < -0.4 is 10.6 Å². The van der Waals surface area contributed by atoms with Gasteiger partial charge in [0.1, 0.15) is 11.0 Å². The van der Waals surface area contributed by atoms with E-state index in [9.17, 15) is 8.42 Å². The van der Waals surface area contributed by atoms with Crippen LogP contribution in [0.15, 0.2) is 51.8 Å². The van der Waals surface area contributed by atoms with Crippen molar-refractivity contribution < 1.29 is 12.8 Å². The van der Waals surface area contributed by atoms with Crippen molar-refractivity contribution in [1.82, 2.24) is 4.31 Å². The van der Waals surface area contributed by atoms with Gasteiger partial charge in [0.05, 0.1) is 4.90 Å². The molecule has 0 atom stereocenters. The predicted octanol–water partition coefficient (Wildman–Crippen LogP) is 2.52. The predicted molar refractivity (Wildman–Crippen MR) is 96.3 cm³/mol. The summed E-state index contributed by atoms with van der Waals surface area (Å²) in [6.45, 7) is 7.76. The Morgan fingerprint density at radius 2 is 1.75 bits per heavy atom. The summed E-state index contributed by atoms with van der Waals surface area (Å²) in [5, 5.41) is 1.53. The molecule has 0 radical (unpaired) electrons. The molecule has 0 bridgehead atoms. The third-order valence-corrected chi connectivity index (χ3v) is 5.77. The highest BCUT2D eigenvalue weighted by Gasteiger charge is 2.18. The van der Waals surface area contributed by atoms with Gasteiger partial charge in [0.2, 0.25) is 0 Å². The van der Waals surface area contributed by atoms with E-state index in [4.69, 9.17) is 4.42 Å². The van der Waals surface area contributed by atoms with Gasteiger partial charge in [-0.2, -0.15) is 0 Å². The van der Waals surface area contributed by atoms with Crippen LogP contribution in [-0.4, -0.2) is 19.8 Å². The normalized spacial score (nSPS) is 12.7. The smallest absolute Gasteiger partial charge is 0.263 e. The lowest BCUT2D eigenvalue weighted by Crippen LogP contribution is -2.28. The van der Waals surface area contributed by atoms with Crippen molar-refractivity contribution in [2.75, 3.05) is 7.05 Å². The highest BCUT2D eigenvalue weighted by Crippen LogP contribution is 2.16. The van der Waals surface area contributed by atoms with Crippen LogP contribution in [0.4, 0.5) is 0 Å². The molecule has 0 aliphatic heterocycles. The Balaban J connectivity index is 2.15. The van der Waals surface area contributed by atoms with Crippen molar-refractivity contribution >= 4 is 33.8 Å². The summed E-state index contributed by atoms with van der Waals surface area (Å²) in [7, 11) is -2.10. The van der Waals surface area contributed by atoms with E-state index in [1.54, 1.807) is 30.5 Å². The van der Waals surface area contributed by atoms with E-state index in [0.29, 0.717) is 10.6 Å². The lowest BCUT2D eigenvalue weighted by molar-refractivity contribution is 0.549. The van der Waals surface area contributed by atoms with E-state index >= 15 is 0 Å². The van der Waals surface area contributed by atoms with Gasteiger partial charge in [-0.3, -0.25) is 4.31 Å². The maximum atomic E-state index is 12.7. The number of rotatable bonds is 3. The van der Waals surface area contributed by atoms with E-state index < -0.39 is 10.0 Å². The quantitative estimate of drug-likeness (QED) is 0.735. The summed E-state index contributed by atoms with van der Waals surface area (Å²) in [6, 6.07) is 12.5. The Morgan fingerprint density at radius 3 is 2.42 bits per heavy atom. The minimum absolute atomic E-state index is 0.251. The molecular formula is C19H19NO3S. The summed E-state index contributed by atoms with van der Waals surface area (Å²) in [5.74, 6) is 0. The van der Waals surface area contributed by atoms with Gasteiger partial charge in [-0.15, -0.1) is 0 Å². The number of benzene rings is 2. The molecule has 1 heterocycles. The van der Waals surface area contributed by atoms with E-state index in [1.165, 1.54) is 11.4 Å². The fourth-order valence-corrected chi connectivity index (χ4v) is 3.65. The number of nitrogens with zero attached hydrogens (tertiary/aromatic N) is 1. The van der Waals surface area contributed by atoms with Gasteiger partial charge in [-0.25, -0.2) is 8.42 Å². The second-order valence-corrected chi connectivity index (χ2v) is 7.85. The van der Waals surface area contributed by atoms with Gasteiger partial charge in [0.15, 0.2) is 0 Å². The van der Waals surface area contributed by atoms with Crippen LogP contribution in [0.1, 0.15) is 11.1 Å². The Hall–Kier alpha value is -2.53. The molecule has 1 aromatic heterocycles. The van der Waals surface area contributed by atoms with Crippen molar-refractivity contribution in [2.24, 2.45) is 0 Å². The average Bonchev–Trinajstić information content (AvgIpc) is 2.85. The first kappa shape index (κ1) is 16.3. The second kappa shape index (κ2) is 5.83. The molecule has 3 rings (SSSR count). The molecule has 0 aliphatic rings. The summed E-state index contributed by atoms with van der Waals surface area (Å²) in [5.41, 5.74) is 3.18. The molecular weight excluding hydrogens is 322 g/mol. The molecule has 5 heteroatoms. The Kier molecular flexibility index (Phi) is 3.97. The molecule has 0 fully saturated rings. The minimum atomic E-state index is -3.62. The third-order valence-electron chi connectivity index (χ3n) is 4.04. The fourth-order valence-electron chi connectivity index (χ4n) is 2.60. The Bertz CT molecular complexity index is 1110. The number of fused-ring (bicyclic) bond motifs is 1. The number of furan rings is 1. The summed E-state index contributed by atoms with van der Waals surface area (Å²) >= 11 is 0. The maximum absolute atomic E-state index is 12.7. The number of para-hydroxylation sites is 1. The van der Waals surface area contributed by atoms with Crippen LogP contribution in [0.5, 0.6) is 0 Å². The van der Waals surface area contributed by atoms with Crippen LogP contribution in [0.25, 0.3) is 23.7 Å². The van der Waals surface area contributed by atoms with Crippen molar-refractivity contribution in [2.45, 2.75) is 18.7 Å². The molecule has 124 valence electrons. The Morgan fingerprint density at radius 1 is 1.08 bits per heavy atom. The molecule has 3 aromatic rings. The van der Waals surface area contributed by atoms with Crippen LogP contribution in [0.2, 0.25) is 0 Å². The van der Waals surface area contributed by atoms with E-state index in [-0.39, 0.29) is 4.90 Å². The minimum Gasteiger partial charge on any atom is -0.456 e. The zero-order valence-corrected chi connectivity index (χ0v) is 14.7. The summed E-state index contributed by atoms with van der Waals surface area (Å²) in [6.07, 6.45) is 1.56. The largest absolute Gasteiger partial charge is 0.456 e. The molecule has 0 aliphatic carbocycles. The van der Waals surface area contributed by atoms with Crippen LogP contribution >= 0.6 is 0 Å². The van der Waals surface area contributed by atoms with Crippen LogP contribution in [-0.2, 0) is 10.0 Å². The summed E-state index contributed by atoms with van der Waals surface area (Å²) < 4.78 is 32.4. The highest BCUT2D eigenvalue weighted by atomic mass is 32.2. The van der Waals surface area contributed by atoms with Crippen molar-refractivity contribution in [1.29, 1.82) is 0 Å². The van der Waals surface area contributed by atoms with Gasteiger partial charge < -0.3 is 4.42 Å². The zero-order valence-electron chi connectivity index (χ0n) is 13.9. The van der Waals surface area contributed by atoms with E-state index in [2.05, 4.69) is 6.58 Å². The topological polar surface area (TPSA) is 50.5 Å². The third kappa shape index (κ3) is 2.71. The van der Waals surface area contributed by atoms with Crippen molar-refractivity contribution in [3.05, 3.63) is 64.2 Å². The first-order valence-corrected chi connectivity index (χ1v) is 8.98. The van der Waals surface area contributed by atoms with E-state index in [0.717, 1.165) is 22.1 Å². The molecule has 0 amide bonds. The van der Waals surface area contributed by atoms with Crippen molar-refractivity contribution in [3.8, 4) is 0 Å². The lowest BCUT2D eigenvalue weighted by Gasteiger charge is -2.14. The number of aryl methyl sites for hydroxylation is 2. The van der Waals surface area contributed by atoms with Gasteiger partial charge in [0, 0.05) is 23.9 Å². The maximum Gasteiger partial charge on any atom is 0.263 e. The molecule has 2 aromatic carbocycles. The standard InChI is InChI=1S/C19H19NO3S/c1-13-8-10-16(11-9-13)24(21,22)20(4)12-18-15(3)23-19-14(2)6-5-7-17(18)19/h5-12H,3H2,1-2,4H3/b18-12+. The zero-order chi connectivity index (χ0) is 17.5. The van der Waals surface area contributed by atoms with Gasteiger partial charge in [0.25, 0.3) is 10.0 Å². The van der Waals surface area contributed by atoms with Gasteiger partial charge in [-0.05, 0) is 31.5 Å². The SMILES string of the molecule is C=c1oc2c(C)cccc2/c1=C/N(C)S(=O)(=O)c1ccc(C)cc1. The number of sulfonamides is 1.